The first-order valence-corrected chi connectivity index (χ1v) is 10.1. The Labute approximate surface area is 157 Å². The molecule has 0 aromatic carbocycles. The van der Waals surface area contributed by atoms with Crippen LogP contribution in [-0.2, 0) is 12.8 Å². The van der Waals surface area contributed by atoms with Crippen LogP contribution in [0.25, 0.3) is 0 Å². The molecular weight excluding hydrogens is 344 g/mol. The number of hydrogen-bond acceptors (Lipinski definition) is 5. The van der Waals surface area contributed by atoms with Crippen LogP contribution in [0, 0.1) is 0 Å². The molecule has 1 saturated carbocycles. The number of rotatable bonds is 3. The number of likely N-dealkylation sites (tertiary alicyclic amines) is 1. The quantitative estimate of drug-likeness (QED) is 0.899. The molecule has 3 aliphatic rings. The van der Waals surface area contributed by atoms with E-state index in [-0.39, 0.29) is 17.2 Å². The monoisotopic (exact) mass is 368 g/mol. The first kappa shape index (κ1) is 16.7. The van der Waals surface area contributed by atoms with Crippen LogP contribution < -0.4 is 5.56 Å². The number of nitrogens with one attached hydrogen (secondary N) is 1. The summed E-state index contributed by atoms with van der Waals surface area (Å²) < 4.78 is 5.69. The van der Waals surface area contributed by atoms with E-state index in [2.05, 4.69) is 15.1 Å². The number of fused-ring (bicyclic) bond motifs is 1. The normalized spacial score (nSPS) is 20.5. The number of hydrogen-bond donors (Lipinski definition) is 1. The molecule has 142 valence electrons. The van der Waals surface area contributed by atoms with Crippen molar-refractivity contribution in [3.8, 4) is 0 Å². The highest BCUT2D eigenvalue weighted by molar-refractivity contribution is 5.92. The lowest BCUT2D eigenvalue weighted by atomic mass is 9.87. The van der Waals surface area contributed by atoms with Crippen LogP contribution >= 0.6 is 0 Å². The van der Waals surface area contributed by atoms with Gasteiger partial charge in [0.2, 0.25) is 0 Å². The third-order valence-corrected chi connectivity index (χ3v) is 6.09. The van der Waals surface area contributed by atoms with Crippen LogP contribution in [-0.4, -0.2) is 39.0 Å². The number of piperidine rings is 1. The van der Waals surface area contributed by atoms with E-state index in [1.165, 1.54) is 24.5 Å². The number of H-pyrrole nitrogens is 1. The third kappa shape index (κ3) is 3.19. The van der Waals surface area contributed by atoms with E-state index in [9.17, 15) is 9.59 Å². The first-order chi connectivity index (χ1) is 13.2. The molecule has 1 N–H and O–H groups in total. The van der Waals surface area contributed by atoms with Crippen LogP contribution in [0.5, 0.6) is 0 Å². The molecule has 3 heterocycles. The lowest BCUT2D eigenvalue weighted by molar-refractivity contribution is 0.0699. The Morgan fingerprint density at radius 3 is 2.67 bits per heavy atom. The molecule has 0 unspecified atom stereocenters. The molecule has 27 heavy (non-hydrogen) atoms. The molecule has 1 aliphatic heterocycles. The van der Waals surface area contributed by atoms with E-state index in [0.717, 1.165) is 50.0 Å². The maximum atomic E-state index is 12.8. The molecule has 1 amide bonds. The van der Waals surface area contributed by atoms with Gasteiger partial charge in [0.15, 0.2) is 0 Å². The van der Waals surface area contributed by atoms with E-state index in [1.807, 2.05) is 4.90 Å². The van der Waals surface area contributed by atoms with Crippen molar-refractivity contribution in [1.82, 2.24) is 20.0 Å². The minimum absolute atomic E-state index is 0.138. The maximum absolute atomic E-state index is 12.8. The Bertz CT molecular complexity index is 920. The highest BCUT2D eigenvalue weighted by atomic mass is 16.5. The summed E-state index contributed by atoms with van der Waals surface area (Å²) >= 11 is 0. The maximum Gasteiger partial charge on any atom is 0.272 e. The van der Waals surface area contributed by atoms with Gasteiger partial charge >= 0.3 is 0 Å². The summed E-state index contributed by atoms with van der Waals surface area (Å²) in [6, 6.07) is 1.33. The first-order valence-electron chi connectivity index (χ1n) is 10.1. The summed E-state index contributed by atoms with van der Waals surface area (Å²) in [6.07, 6.45) is 8.29. The van der Waals surface area contributed by atoms with Crippen molar-refractivity contribution in [3.63, 3.8) is 0 Å². The fourth-order valence-electron chi connectivity index (χ4n) is 4.38. The fraction of sp³-hybridized carbons (Fsp3) is 0.600. The SMILES string of the molecule is O=C(c1cc(=O)[nH]c(C2CC2)n1)N1CCC(c2onc3c2CCCC3)CC1. The Hall–Kier alpha value is -2.44. The molecular formula is C20H24N4O3. The Kier molecular flexibility index (Phi) is 4.10. The van der Waals surface area contributed by atoms with Crippen LogP contribution in [0.15, 0.2) is 15.4 Å². The van der Waals surface area contributed by atoms with Crippen LogP contribution in [0.2, 0.25) is 0 Å². The molecule has 1 saturated heterocycles. The average Bonchev–Trinajstić information content (AvgIpc) is 3.46. The predicted molar refractivity (Wildman–Crippen MR) is 97.9 cm³/mol. The van der Waals surface area contributed by atoms with Crippen LogP contribution in [0.4, 0.5) is 0 Å². The summed E-state index contributed by atoms with van der Waals surface area (Å²) in [5, 5.41) is 4.27. The molecule has 2 aromatic rings. The largest absolute Gasteiger partial charge is 0.361 e. The average molecular weight is 368 g/mol. The summed E-state index contributed by atoms with van der Waals surface area (Å²) in [4.78, 5) is 33.7. The van der Waals surface area contributed by atoms with E-state index in [4.69, 9.17) is 4.52 Å². The molecule has 0 spiro atoms. The van der Waals surface area contributed by atoms with Gasteiger partial charge in [-0.2, -0.15) is 0 Å². The topological polar surface area (TPSA) is 92.1 Å². The Balaban J connectivity index is 1.28. The molecule has 2 aliphatic carbocycles. The van der Waals surface area contributed by atoms with Gasteiger partial charge in [0.25, 0.3) is 11.5 Å². The standard InChI is InChI=1S/C20H24N4O3/c25-17-11-16(21-19(22-17)13-5-6-13)20(26)24-9-7-12(8-10-24)18-14-3-1-2-4-15(14)23-27-18/h11-13H,1-10H2,(H,21,22,25). The van der Waals surface area contributed by atoms with Gasteiger partial charge in [0.1, 0.15) is 17.3 Å². The summed E-state index contributed by atoms with van der Waals surface area (Å²) in [7, 11) is 0. The van der Waals surface area contributed by atoms with Gasteiger partial charge in [-0.25, -0.2) is 4.98 Å². The third-order valence-electron chi connectivity index (χ3n) is 6.09. The molecule has 0 atom stereocenters. The Morgan fingerprint density at radius 2 is 1.89 bits per heavy atom. The zero-order valence-corrected chi connectivity index (χ0v) is 15.4. The van der Waals surface area contributed by atoms with Gasteiger partial charge < -0.3 is 14.4 Å². The Morgan fingerprint density at radius 1 is 1.11 bits per heavy atom. The second-order valence-corrected chi connectivity index (χ2v) is 8.04. The minimum Gasteiger partial charge on any atom is -0.361 e. The fourth-order valence-corrected chi connectivity index (χ4v) is 4.38. The number of nitrogens with zero attached hydrogens (tertiary/aromatic N) is 3. The number of carbonyl (C=O) groups excluding carboxylic acids is 1. The second kappa shape index (κ2) is 6.62. The molecule has 2 aromatic heterocycles. The zero-order chi connectivity index (χ0) is 18.4. The van der Waals surface area contributed by atoms with Crippen molar-refractivity contribution in [2.24, 2.45) is 0 Å². The van der Waals surface area contributed by atoms with Crippen molar-refractivity contribution in [3.05, 3.63) is 45.0 Å². The van der Waals surface area contributed by atoms with Crippen molar-refractivity contribution in [2.45, 2.75) is 63.2 Å². The zero-order valence-electron chi connectivity index (χ0n) is 15.4. The van der Waals surface area contributed by atoms with E-state index in [0.29, 0.717) is 30.7 Å². The van der Waals surface area contributed by atoms with Crippen LogP contribution in [0.3, 0.4) is 0 Å². The van der Waals surface area contributed by atoms with Crippen molar-refractivity contribution < 1.29 is 9.32 Å². The van der Waals surface area contributed by atoms with E-state index >= 15 is 0 Å². The smallest absolute Gasteiger partial charge is 0.272 e. The van der Waals surface area contributed by atoms with E-state index in [1.54, 1.807) is 0 Å². The summed E-state index contributed by atoms with van der Waals surface area (Å²) in [5.74, 6) is 2.21. The lowest BCUT2D eigenvalue weighted by Gasteiger charge is -2.31. The van der Waals surface area contributed by atoms with Crippen molar-refractivity contribution >= 4 is 5.91 Å². The molecule has 5 rings (SSSR count). The van der Waals surface area contributed by atoms with Gasteiger partial charge in [-0.05, 0) is 51.4 Å². The minimum atomic E-state index is -0.238. The van der Waals surface area contributed by atoms with Gasteiger partial charge in [-0.3, -0.25) is 9.59 Å². The highest BCUT2D eigenvalue weighted by Gasteiger charge is 2.32. The van der Waals surface area contributed by atoms with Gasteiger partial charge in [0.05, 0.1) is 5.69 Å². The van der Waals surface area contributed by atoms with Gasteiger partial charge in [-0.1, -0.05) is 5.16 Å². The predicted octanol–water partition coefficient (Wildman–Crippen LogP) is 2.53. The van der Waals surface area contributed by atoms with Gasteiger partial charge in [0, 0.05) is 36.6 Å². The molecule has 7 heteroatoms. The van der Waals surface area contributed by atoms with E-state index < -0.39 is 0 Å². The molecule has 0 bridgehead atoms. The number of aryl methyl sites for hydroxylation is 1. The molecule has 7 nitrogen and oxygen atoms in total. The number of carbonyl (C=O) groups is 1. The van der Waals surface area contributed by atoms with Crippen molar-refractivity contribution in [2.75, 3.05) is 13.1 Å². The van der Waals surface area contributed by atoms with Crippen molar-refractivity contribution in [1.29, 1.82) is 0 Å². The van der Waals surface area contributed by atoms with Gasteiger partial charge in [-0.15, -0.1) is 0 Å². The highest BCUT2D eigenvalue weighted by Crippen LogP contribution is 2.38. The number of amides is 1. The lowest BCUT2D eigenvalue weighted by Crippen LogP contribution is -2.39. The summed E-state index contributed by atoms with van der Waals surface area (Å²) in [5.41, 5.74) is 2.49. The van der Waals surface area contributed by atoms with Crippen LogP contribution in [0.1, 0.15) is 83.7 Å². The number of aromatic amines is 1. The second-order valence-electron chi connectivity index (χ2n) is 8.04. The molecule has 0 radical (unpaired) electrons. The number of aromatic nitrogens is 3. The molecule has 2 fully saturated rings. The summed E-state index contributed by atoms with van der Waals surface area (Å²) in [6.45, 7) is 1.32.